The molecule has 4 aromatic rings. The number of carboxylic acid groups (broad SMARTS) is 1. The number of halogens is 5. The van der Waals surface area contributed by atoms with Gasteiger partial charge in [0.25, 0.3) is 5.91 Å². The van der Waals surface area contributed by atoms with Crippen LogP contribution in [0.4, 0.5) is 27.6 Å². The van der Waals surface area contributed by atoms with Crippen LogP contribution in [0.2, 0.25) is 0 Å². The molecule has 1 atom stereocenters. The van der Waals surface area contributed by atoms with Crippen LogP contribution < -0.4 is 10.2 Å². The second kappa shape index (κ2) is 14.5. The lowest BCUT2D eigenvalue weighted by Gasteiger charge is -2.29. The third-order valence-corrected chi connectivity index (χ3v) is 6.79. The summed E-state index contributed by atoms with van der Waals surface area (Å²) in [7, 11) is 0. The number of carbonyl (C=O) groups excluding carboxylic acids is 1. The largest absolute Gasteiger partial charge is 0.480 e. The lowest BCUT2D eigenvalue weighted by Crippen LogP contribution is -2.43. The predicted octanol–water partition coefficient (Wildman–Crippen LogP) is 5.54. The van der Waals surface area contributed by atoms with Gasteiger partial charge in [-0.25, -0.2) is 13.6 Å². The summed E-state index contributed by atoms with van der Waals surface area (Å²) in [6.45, 7) is -1.85. The van der Waals surface area contributed by atoms with Crippen LogP contribution in [0.25, 0.3) is 10.8 Å². The Morgan fingerprint density at radius 2 is 1.58 bits per heavy atom. The lowest BCUT2D eigenvalue weighted by molar-refractivity contribution is -0.139. The number of rotatable bonds is 8. The molecule has 226 valence electrons. The van der Waals surface area contributed by atoms with Gasteiger partial charge in [0.2, 0.25) is 0 Å². The highest BCUT2D eigenvalue weighted by Crippen LogP contribution is 2.24. The van der Waals surface area contributed by atoms with Crippen molar-refractivity contribution in [3.05, 3.63) is 107 Å². The Morgan fingerprint density at radius 3 is 2.26 bits per heavy atom. The molecule has 2 heterocycles. The van der Waals surface area contributed by atoms with Crippen LogP contribution in [-0.4, -0.2) is 61.0 Å². The van der Waals surface area contributed by atoms with E-state index in [1.54, 1.807) is 23.2 Å². The molecule has 2 N–H and O–H groups in total. The van der Waals surface area contributed by atoms with Gasteiger partial charge in [0.05, 0.1) is 18.9 Å². The zero-order chi connectivity index (χ0) is 30.9. The molecule has 7 nitrogen and oxygen atoms in total. The number of nitrogens with one attached hydrogen (secondary N) is 1. The summed E-state index contributed by atoms with van der Waals surface area (Å²) in [5.41, 5.74) is 1.96. The van der Waals surface area contributed by atoms with Crippen molar-refractivity contribution in [3.63, 3.8) is 0 Å². The molecule has 1 aliphatic rings. The SMILES string of the molecule is FC(F)F.O=C(NC(Cc1cccc(Cc2nccc3ccccc23)c1)C(=O)O)c1c(F)cc(N2CCOCC2)cc1F. The minimum Gasteiger partial charge on any atom is -0.480 e. The molecule has 0 spiro atoms. The topological polar surface area (TPSA) is 91.8 Å². The number of anilines is 1. The van der Waals surface area contributed by atoms with E-state index < -0.39 is 41.8 Å². The minimum absolute atomic E-state index is 0.0625. The first-order valence-corrected chi connectivity index (χ1v) is 13.3. The van der Waals surface area contributed by atoms with E-state index in [0.717, 1.165) is 34.2 Å². The fourth-order valence-corrected chi connectivity index (χ4v) is 4.83. The lowest BCUT2D eigenvalue weighted by atomic mass is 9.99. The highest BCUT2D eigenvalue weighted by Gasteiger charge is 2.26. The van der Waals surface area contributed by atoms with Gasteiger partial charge < -0.3 is 20.1 Å². The van der Waals surface area contributed by atoms with Crippen molar-refractivity contribution < 1.29 is 41.4 Å². The van der Waals surface area contributed by atoms with Gasteiger partial charge in [-0.1, -0.05) is 48.5 Å². The van der Waals surface area contributed by atoms with Gasteiger partial charge in [-0.3, -0.25) is 9.78 Å². The van der Waals surface area contributed by atoms with Crippen molar-refractivity contribution in [1.29, 1.82) is 0 Å². The number of hydrogen-bond acceptors (Lipinski definition) is 5. The summed E-state index contributed by atoms with van der Waals surface area (Å²) < 4.78 is 64.0. The number of fused-ring (bicyclic) bond motifs is 1. The van der Waals surface area contributed by atoms with Gasteiger partial charge in [-0.05, 0) is 34.7 Å². The molecule has 0 aliphatic carbocycles. The first kappa shape index (κ1) is 31.4. The molecule has 1 saturated heterocycles. The van der Waals surface area contributed by atoms with Crippen LogP contribution in [-0.2, 0) is 22.4 Å². The van der Waals surface area contributed by atoms with Crippen molar-refractivity contribution in [2.24, 2.45) is 0 Å². The zero-order valence-corrected chi connectivity index (χ0v) is 22.8. The first-order valence-electron chi connectivity index (χ1n) is 13.3. The van der Waals surface area contributed by atoms with E-state index in [1.807, 2.05) is 42.5 Å². The number of benzene rings is 3. The van der Waals surface area contributed by atoms with Crippen molar-refractivity contribution in [2.75, 3.05) is 31.2 Å². The second-order valence-electron chi connectivity index (χ2n) is 9.68. The number of aliphatic carboxylic acids is 1. The Bertz CT molecular complexity index is 1550. The Balaban J connectivity index is 0.000000996. The molecular weight excluding hydrogens is 573 g/mol. The number of ether oxygens (including phenoxy) is 1. The molecule has 0 bridgehead atoms. The fourth-order valence-electron chi connectivity index (χ4n) is 4.83. The number of alkyl halides is 3. The average Bonchev–Trinajstić information content (AvgIpc) is 2.97. The number of hydrogen-bond donors (Lipinski definition) is 2. The number of amides is 1. The van der Waals surface area contributed by atoms with E-state index in [9.17, 15) is 36.6 Å². The summed E-state index contributed by atoms with van der Waals surface area (Å²) in [4.78, 5) is 31.1. The monoisotopic (exact) mass is 601 g/mol. The van der Waals surface area contributed by atoms with E-state index in [2.05, 4.69) is 10.3 Å². The van der Waals surface area contributed by atoms with Crippen molar-refractivity contribution >= 4 is 28.3 Å². The molecule has 1 amide bonds. The van der Waals surface area contributed by atoms with Crippen molar-refractivity contribution in [2.45, 2.75) is 25.6 Å². The maximum atomic E-state index is 14.9. The first-order chi connectivity index (χ1) is 20.6. The van der Waals surface area contributed by atoms with E-state index >= 15 is 0 Å². The molecule has 0 radical (unpaired) electrons. The van der Waals surface area contributed by atoms with Crippen LogP contribution in [0.1, 0.15) is 27.2 Å². The molecule has 1 unspecified atom stereocenters. The molecule has 3 aromatic carbocycles. The van der Waals surface area contributed by atoms with Gasteiger partial charge >= 0.3 is 12.6 Å². The molecule has 1 aromatic heterocycles. The average molecular weight is 602 g/mol. The van der Waals surface area contributed by atoms with E-state index in [-0.39, 0.29) is 6.42 Å². The van der Waals surface area contributed by atoms with Crippen LogP contribution in [0.3, 0.4) is 0 Å². The Morgan fingerprint density at radius 1 is 0.930 bits per heavy atom. The van der Waals surface area contributed by atoms with Gasteiger partial charge in [0.15, 0.2) is 0 Å². The van der Waals surface area contributed by atoms with Crippen LogP contribution in [0.5, 0.6) is 0 Å². The van der Waals surface area contributed by atoms with Crippen molar-refractivity contribution in [3.8, 4) is 0 Å². The summed E-state index contributed by atoms with van der Waals surface area (Å²) in [6.07, 6.45) is 2.22. The zero-order valence-electron chi connectivity index (χ0n) is 22.8. The third kappa shape index (κ3) is 8.48. The van der Waals surface area contributed by atoms with E-state index in [4.69, 9.17) is 4.74 Å². The molecular formula is C31H28F5N3O4. The van der Waals surface area contributed by atoms with Gasteiger partial charge in [-0.15, -0.1) is 0 Å². The Labute approximate surface area is 243 Å². The molecule has 43 heavy (non-hydrogen) atoms. The number of nitrogens with zero attached hydrogens (tertiary/aromatic N) is 2. The maximum Gasteiger partial charge on any atom is 0.379 e. The maximum absolute atomic E-state index is 14.9. The van der Waals surface area contributed by atoms with E-state index in [1.165, 1.54) is 0 Å². The minimum atomic E-state index is -3.67. The smallest absolute Gasteiger partial charge is 0.379 e. The number of pyridine rings is 1. The molecule has 12 heteroatoms. The fraction of sp³-hybridized carbons (Fsp3) is 0.258. The van der Waals surface area contributed by atoms with Crippen LogP contribution >= 0.6 is 0 Å². The van der Waals surface area contributed by atoms with Gasteiger partial charge in [-0.2, -0.15) is 13.2 Å². The summed E-state index contributed by atoms with van der Waals surface area (Å²) in [6, 6.07) is 18.0. The second-order valence-corrected chi connectivity index (χ2v) is 9.68. The molecule has 5 rings (SSSR count). The Kier molecular flexibility index (Phi) is 10.6. The highest BCUT2D eigenvalue weighted by molar-refractivity contribution is 5.97. The van der Waals surface area contributed by atoms with Gasteiger partial charge in [0, 0.05) is 43.2 Å². The number of aromatic nitrogens is 1. The quantitative estimate of drug-likeness (QED) is 0.258. The number of morpholine rings is 1. The standard InChI is InChI=1S/C30H27F2N3O4.CHF3/c31-24-17-22(35-10-12-39-13-11-35)18-25(32)28(24)29(36)34-27(30(37)38)16-20-5-3-4-19(14-20)15-26-23-7-2-1-6-21(23)8-9-33-26;2-1(3)4/h1-9,14,17-18,27H,10-13,15-16H2,(H,34,36)(H,37,38);1H. The third-order valence-electron chi connectivity index (χ3n) is 6.79. The highest BCUT2D eigenvalue weighted by atomic mass is 19.4. The van der Waals surface area contributed by atoms with Crippen molar-refractivity contribution in [1.82, 2.24) is 10.3 Å². The normalized spacial score (nSPS) is 13.8. The number of carbonyl (C=O) groups is 2. The van der Waals surface area contributed by atoms with Gasteiger partial charge in [0.1, 0.15) is 23.2 Å². The molecule has 1 fully saturated rings. The van der Waals surface area contributed by atoms with E-state index in [0.29, 0.717) is 44.0 Å². The predicted molar refractivity (Wildman–Crippen MR) is 150 cm³/mol. The molecule has 1 aliphatic heterocycles. The van der Waals surface area contributed by atoms with Crippen LogP contribution in [0.15, 0.2) is 72.9 Å². The summed E-state index contributed by atoms with van der Waals surface area (Å²) in [5.74, 6) is -4.54. The number of carboxylic acids is 1. The Hall–Kier alpha value is -4.58. The summed E-state index contributed by atoms with van der Waals surface area (Å²) >= 11 is 0. The van der Waals surface area contributed by atoms with Crippen LogP contribution in [0, 0.1) is 11.6 Å². The molecule has 0 saturated carbocycles. The summed E-state index contributed by atoms with van der Waals surface area (Å²) in [5, 5.41) is 14.2.